The molecular formula is C15H21N3+2. The summed E-state index contributed by atoms with van der Waals surface area (Å²) < 4.78 is 3.22. The zero-order valence-electron chi connectivity index (χ0n) is 11.4. The van der Waals surface area contributed by atoms with Crippen LogP contribution in [0.25, 0.3) is 11.1 Å². The summed E-state index contributed by atoms with van der Waals surface area (Å²) in [7, 11) is 6.64. The average Bonchev–Trinajstić information content (AvgIpc) is 2.37. The van der Waals surface area contributed by atoms with E-state index in [1.165, 1.54) is 11.1 Å². The highest BCUT2D eigenvalue weighted by Crippen LogP contribution is 2.15. The lowest BCUT2D eigenvalue weighted by atomic mass is 10.1. The Bertz CT molecular complexity index is 483. The first-order valence-corrected chi connectivity index (χ1v) is 6.24. The lowest BCUT2D eigenvalue weighted by Gasteiger charge is -2.21. The summed E-state index contributed by atoms with van der Waals surface area (Å²) in [5.74, 6) is 0. The summed E-state index contributed by atoms with van der Waals surface area (Å²) in [6.45, 7) is 2.17. The van der Waals surface area contributed by atoms with Gasteiger partial charge in [-0.05, 0) is 23.3 Å². The predicted octanol–water partition coefficient (Wildman–Crippen LogP) is 1.74. The van der Waals surface area contributed by atoms with Crippen molar-refractivity contribution < 1.29 is 9.05 Å². The molecule has 0 aliphatic heterocycles. The van der Waals surface area contributed by atoms with Crippen molar-refractivity contribution >= 4 is 0 Å². The first-order valence-electron chi connectivity index (χ1n) is 6.24. The minimum absolute atomic E-state index is 0.985. The molecule has 0 spiro atoms. The number of aromatic nitrogens is 2. The van der Waals surface area contributed by atoms with E-state index >= 15 is 0 Å². The lowest BCUT2D eigenvalue weighted by Crippen LogP contribution is -2.45. The van der Waals surface area contributed by atoms with Crippen LogP contribution in [0.4, 0.5) is 0 Å². The van der Waals surface area contributed by atoms with Crippen LogP contribution in [-0.4, -0.2) is 37.2 Å². The molecule has 0 bridgehead atoms. The molecule has 0 amide bonds. The van der Waals surface area contributed by atoms with Crippen molar-refractivity contribution in [1.82, 2.24) is 4.98 Å². The van der Waals surface area contributed by atoms with Gasteiger partial charge in [0.25, 0.3) is 0 Å². The monoisotopic (exact) mass is 243 g/mol. The first kappa shape index (κ1) is 12.7. The Labute approximate surface area is 109 Å². The quantitative estimate of drug-likeness (QED) is 0.590. The molecule has 0 saturated carbocycles. The van der Waals surface area contributed by atoms with Gasteiger partial charge in [-0.1, -0.05) is 0 Å². The normalized spacial score (nSPS) is 11.5. The number of rotatable bonds is 4. The highest BCUT2D eigenvalue weighted by atomic mass is 15.3. The van der Waals surface area contributed by atoms with Crippen LogP contribution in [0, 0.1) is 0 Å². The van der Waals surface area contributed by atoms with Gasteiger partial charge >= 0.3 is 0 Å². The van der Waals surface area contributed by atoms with Crippen LogP contribution < -0.4 is 4.57 Å². The van der Waals surface area contributed by atoms with E-state index in [9.17, 15) is 0 Å². The molecule has 0 aliphatic rings. The third-order valence-electron chi connectivity index (χ3n) is 2.93. The second kappa shape index (κ2) is 5.27. The minimum Gasteiger partial charge on any atom is -0.326 e. The standard InChI is InChI=1S/C15H21N3/c1-18(2,3)13-12-17-10-6-15(7-11-17)14-4-8-16-9-5-14/h4-11H,12-13H2,1-3H3/q+2. The molecule has 2 aromatic rings. The molecule has 0 aromatic carbocycles. The molecule has 0 radical (unpaired) electrons. The van der Waals surface area contributed by atoms with Crippen LogP contribution in [0.5, 0.6) is 0 Å². The van der Waals surface area contributed by atoms with Crippen molar-refractivity contribution in [2.24, 2.45) is 0 Å². The number of hydrogen-bond acceptors (Lipinski definition) is 1. The molecule has 0 fully saturated rings. The van der Waals surface area contributed by atoms with E-state index in [1.807, 2.05) is 24.5 Å². The summed E-state index contributed by atoms with van der Waals surface area (Å²) in [5, 5.41) is 0. The third-order valence-corrected chi connectivity index (χ3v) is 2.93. The number of pyridine rings is 2. The predicted molar refractivity (Wildman–Crippen MR) is 72.8 cm³/mol. The van der Waals surface area contributed by atoms with Crippen LogP contribution in [0.1, 0.15) is 0 Å². The van der Waals surface area contributed by atoms with Crippen LogP contribution in [0.3, 0.4) is 0 Å². The molecule has 0 aliphatic carbocycles. The SMILES string of the molecule is C[N+](C)(C)CC[n+]1ccc(-c2ccncc2)cc1. The maximum Gasteiger partial charge on any atom is 0.196 e. The Morgan fingerprint density at radius 2 is 1.50 bits per heavy atom. The van der Waals surface area contributed by atoms with Gasteiger partial charge in [0.2, 0.25) is 0 Å². The maximum atomic E-state index is 4.04. The van der Waals surface area contributed by atoms with Crippen molar-refractivity contribution in [3.05, 3.63) is 49.1 Å². The van der Waals surface area contributed by atoms with Gasteiger partial charge in [0.05, 0.1) is 21.1 Å². The smallest absolute Gasteiger partial charge is 0.196 e. The molecule has 2 rings (SSSR count). The largest absolute Gasteiger partial charge is 0.326 e. The summed E-state index contributed by atoms with van der Waals surface area (Å²) in [5.41, 5.74) is 2.45. The second-order valence-electron chi connectivity index (χ2n) is 5.57. The fraction of sp³-hybridized carbons (Fsp3) is 0.333. The summed E-state index contributed by atoms with van der Waals surface area (Å²) in [6, 6.07) is 8.38. The van der Waals surface area contributed by atoms with E-state index < -0.39 is 0 Å². The van der Waals surface area contributed by atoms with Gasteiger partial charge in [0, 0.05) is 24.5 Å². The summed E-state index contributed by atoms with van der Waals surface area (Å²) >= 11 is 0. The van der Waals surface area contributed by atoms with Crippen molar-refractivity contribution in [2.75, 3.05) is 27.7 Å². The zero-order chi connectivity index (χ0) is 13.0. The Hall–Kier alpha value is -1.74. The Balaban J connectivity index is 2.07. The number of likely N-dealkylation sites (N-methyl/N-ethyl adjacent to an activating group) is 1. The number of quaternary nitrogens is 1. The van der Waals surface area contributed by atoms with Crippen molar-refractivity contribution in [2.45, 2.75) is 6.54 Å². The summed E-state index contributed by atoms with van der Waals surface area (Å²) in [6.07, 6.45) is 7.94. The molecule has 3 nitrogen and oxygen atoms in total. The van der Waals surface area contributed by atoms with Crippen LogP contribution in [0.15, 0.2) is 49.1 Å². The molecule has 0 unspecified atom stereocenters. The molecule has 2 heterocycles. The van der Waals surface area contributed by atoms with Crippen molar-refractivity contribution in [3.63, 3.8) is 0 Å². The van der Waals surface area contributed by atoms with Crippen LogP contribution >= 0.6 is 0 Å². The van der Waals surface area contributed by atoms with Gasteiger partial charge < -0.3 is 4.48 Å². The van der Waals surface area contributed by atoms with Gasteiger partial charge in [-0.15, -0.1) is 0 Å². The van der Waals surface area contributed by atoms with E-state index in [0.717, 1.165) is 17.6 Å². The highest BCUT2D eigenvalue weighted by molar-refractivity contribution is 5.61. The van der Waals surface area contributed by atoms with E-state index in [0.29, 0.717) is 0 Å². The fourth-order valence-electron chi connectivity index (χ4n) is 1.76. The molecule has 0 saturated heterocycles. The van der Waals surface area contributed by atoms with E-state index in [4.69, 9.17) is 0 Å². The first-order chi connectivity index (χ1) is 8.54. The third kappa shape index (κ3) is 3.64. The topological polar surface area (TPSA) is 16.8 Å². The Morgan fingerprint density at radius 1 is 0.944 bits per heavy atom. The Morgan fingerprint density at radius 3 is 2.06 bits per heavy atom. The van der Waals surface area contributed by atoms with Crippen molar-refractivity contribution in [1.29, 1.82) is 0 Å². The van der Waals surface area contributed by atoms with E-state index in [1.54, 1.807) is 0 Å². The molecule has 0 N–H and O–H groups in total. The maximum absolute atomic E-state index is 4.04. The average molecular weight is 243 g/mol. The van der Waals surface area contributed by atoms with Gasteiger partial charge in [0.1, 0.15) is 6.54 Å². The second-order valence-corrected chi connectivity index (χ2v) is 5.57. The van der Waals surface area contributed by atoms with Gasteiger partial charge in [-0.2, -0.15) is 4.57 Å². The van der Waals surface area contributed by atoms with Crippen LogP contribution in [0.2, 0.25) is 0 Å². The molecule has 2 aromatic heterocycles. The lowest BCUT2D eigenvalue weighted by molar-refractivity contribution is -0.892. The van der Waals surface area contributed by atoms with Crippen molar-refractivity contribution in [3.8, 4) is 11.1 Å². The Kier molecular flexibility index (Phi) is 3.72. The number of nitrogens with zero attached hydrogens (tertiary/aromatic N) is 3. The van der Waals surface area contributed by atoms with Gasteiger partial charge in [-0.3, -0.25) is 4.98 Å². The van der Waals surface area contributed by atoms with Gasteiger partial charge in [-0.25, -0.2) is 0 Å². The molecular weight excluding hydrogens is 222 g/mol. The van der Waals surface area contributed by atoms with Crippen LogP contribution in [-0.2, 0) is 6.54 Å². The molecule has 3 heteroatoms. The molecule has 0 atom stereocenters. The zero-order valence-corrected chi connectivity index (χ0v) is 11.4. The fourth-order valence-corrected chi connectivity index (χ4v) is 1.76. The highest BCUT2D eigenvalue weighted by Gasteiger charge is 2.10. The van der Waals surface area contributed by atoms with E-state index in [-0.39, 0.29) is 0 Å². The minimum atomic E-state index is 0.985. The molecule has 18 heavy (non-hydrogen) atoms. The van der Waals surface area contributed by atoms with Gasteiger partial charge in [0.15, 0.2) is 18.9 Å². The van der Waals surface area contributed by atoms with E-state index in [2.05, 4.69) is 55.2 Å². The molecule has 94 valence electrons. The summed E-state index contributed by atoms with van der Waals surface area (Å²) in [4.78, 5) is 4.04. The number of hydrogen-bond donors (Lipinski definition) is 0.